The molecule has 1 aromatic carbocycles. The van der Waals surface area contributed by atoms with Crippen molar-refractivity contribution in [2.24, 2.45) is 0 Å². The molecule has 1 saturated carbocycles. The van der Waals surface area contributed by atoms with Crippen LogP contribution < -0.4 is 10.6 Å². The van der Waals surface area contributed by atoms with Crippen LogP contribution in [0.3, 0.4) is 0 Å². The molecule has 30 heavy (non-hydrogen) atoms. The summed E-state index contributed by atoms with van der Waals surface area (Å²) in [6.07, 6.45) is 1.96. The number of halogens is 3. The van der Waals surface area contributed by atoms with Crippen LogP contribution in [0.4, 0.5) is 19.0 Å². The van der Waals surface area contributed by atoms with E-state index in [4.69, 9.17) is 0 Å². The normalized spacial score (nSPS) is 25.8. The van der Waals surface area contributed by atoms with Gasteiger partial charge in [-0.25, -0.2) is 0 Å². The number of anilines is 1. The SMILES string of the molecule is Oc1cc(C(F)(F)F)ccc1-c1nnc(N[C@@H]2CCCNC2)c2c1C1CCC2CC1. The van der Waals surface area contributed by atoms with Crippen LogP contribution in [-0.2, 0) is 6.18 Å². The molecular weight excluding hydrogens is 393 g/mol. The summed E-state index contributed by atoms with van der Waals surface area (Å²) in [5.74, 6) is 1.10. The van der Waals surface area contributed by atoms with Gasteiger partial charge in [-0.3, -0.25) is 0 Å². The fourth-order valence-corrected chi connectivity index (χ4v) is 5.34. The molecule has 2 fully saturated rings. The van der Waals surface area contributed by atoms with E-state index in [2.05, 4.69) is 20.8 Å². The van der Waals surface area contributed by atoms with Gasteiger partial charge in [0.25, 0.3) is 0 Å². The van der Waals surface area contributed by atoms with Crippen molar-refractivity contribution >= 4 is 5.82 Å². The van der Waals surface area contributed by atoms with Crippen molar-refractivity contribution < 1.29 is 18.3 Å². The number of fused-ring (bicyclic) bond motifs is 2. The third-order valence-corrected chi connectivity index (χ3v) is 6.81. The van der Waals surface area contributed by atoms with Crippen LogP contribution in [0.15, 0.2) is 18.2 Å². The first-order valence-corrected chi connectivity index (χ1v) is 10.7. The van der Waals surface area contributed by atoms with Gasteiger partial charge in [0.05, 0.1) is 5.56 Å². The summed E-state index contributed by atoms with van der Waals surface area (Å²) in [5, 5.41) is 26.3. The second kappa shape index (κ2) is 7.41. The maximum atomic E-state index is 13.0. The topological polar surface area (TPSA) is 70.1 Å². The van der Waals surface area contributed by atoms with Gasteiger partial charge in [-0.2, -0.15) is 13.2 Å². The summed E-state index contributed by atoms with van der Waals surface area (Å²) in [4.78, 5) is 0. The Balaban J connectivity index is 1.58. The maximum absolute atomic E-state index is 13.0. The van der Waals surface area contributed by atoms with Crippen molar-refractivity contribution in [3.05, 3.63) is 34.9 Å². The summed E-state index contributed by atoms with van der Waals surface area (Å²) in [6.45, 7) is 1.91. The summed E-state index contributed by atoms with van der Waals surface area (Å²) in [5.41, 5.74) is 2.21. The number of phenols is 1. The zero-order valence-corrected chi connectivity index (χ0v) is 16.6. The van der Waals surface area contributed by atoms with Crippen molar-refractivity contribution in [2.75, 3.05) is 18.4 Å². The van der Waals surface area contributed by atoms with E-state index < -0.39 is 17.5 Å². The van der Waals surface area contributed by atoms with Gasteiger partial charge in [0.1, 0.15) is 11.4 Å². The highest BCUT2D eigenvalue weighted by Crippen LogP contribution is 2.54. The molecule has 6 rings (SSSR count). The van der Waals surface area contributed by atoms with Gasteiger partial charge in [-0.1, -0.05) is 0 Å². The van der Waals surface area contributed by atoms with Gasteiger partial charge < -0.3 is 15.7 Å². The quantitative estimate of drug-likeness (QED) is 0.669. The number of hydrogen-bond donors (Lipinski definition) is 3. The lowest BCUT2D eigenvalue weighted by molar-refractivity contribution is -0.137. The number of aromatic nitrogens is 2. The Bertz CT molecular complexity index is 948. The van der Waals surface area contributed by atoms with Crippen LogP contribution in [0.5, 0.6) is 5.75 Å². The number of hydrogen-bond acceptors (Lipinski definition) is 5. The van der Waals surface area contributed by atoms with E-state index in [0.29, 0.717) is 29.1 Å². The van der Waals surface area contributed by atoms with Gasteiger partial charge in [0.15, 0.2) is 5.82 Å². The average molecular weight is 418 g/mol. The molecular formula is C22H25F3N4O. The van der Waals surface area contributed by atoms with E-state index in [1.165, 1.54) is 6.07 Å². The first-order valence-electron chi connectivity index (χ1n) is 10.7. The van der Waals surface area contributed by atoms with E-state index in [1.807, 2.05) is 0 Å². The third-order valence-electron chi connectivity index (χ3n) is 6.81. The minimum atomic E-state index is -4.50. The number of aromatic hydroxyl groups is 1. The van der Waals surface area contributed by atoms with Gasteiger partial charge >= 0.3 is 6.18 Å². The standard InChI is InChI=1S/C22H25F3N4O/c23-22(24,25)14-7-8-16(17(30)10-14)20-18-12-3-5-13(6-4-12)19(18)21(29-28-20)27-15-2-1-9-26-11-15/h7-8,10,12-13,15,26,30H,1-6,9,11H2,(H,27,29)/t12?,13?,15-/m1/s1. The lowest BCUT2D eigenvalue weighted by Gasteiger charge is -2.40. The predicted octanol–water partition coefficient (Wildman–Crippen LogP) is 4.79. The number of benzene rings is 1. The summed E-state index contributed by atoms with van der Waals surface area (Å²) in [7, 11) is 0. The molecule has 0 amide bonds. The van der Waals surface area contributed by atoms with Crippen LogP contribution in [0.1, 0.15) is 67.1 Å². The first kappa shape index (κ1) is 19.6. The molecule has 0 radical (unpaired) electrons. The summed E-state index contributed by atoms with van der Waals surface area (Å²) >= 11 is 0. The van der Waals surface area contributed by atoms with Crippen LogP contribution >= 0.6 is 0 Å². The molecule has 4 aliphatic rings. The van der Waals surface area contributed by atoms with Crippen LogP contribution in [0.2, 0.25) is 0 Å². The van der Waals surface area contributed by atoms with Crippen molar-refractivity contribution in [3.8, 4) is 17.0 Å². The predicted molar refractivity (Wildman–Crippen MR) is 108 cm³/mol. The molecule has 2 heterocycles. The highest BCUT2D eigenvalue weighted by Gasteiger charge is 2.39. The van der Waals surface area contributed by atoms with E-state index >= 15 is 0 Å². The van der Waals surface area contributed by atoms with E-state index in [-0.39, 0.29) is 0 Å². The van der Waals surface area contributed by atoms with Crippen LogP contribution in [0, 0.1) is 0 Å². The van der Waals surface area contributed by atoms with E-state index in [0.717, 1.165) is 80.7 Å². The molecule has 2 bridgehead atoms. The Kier molecular flexibility index (Phi) is 4.84. The Hall–Kier alpha value is -2.35. The summed E-state index contributed by atoms with van der Waals surface area (Å²) < 4.78 is 39.1. The van der Waals surface area contributed by atoms with Gasteiger partial charge in [0, 0.05) is 23.7 Å². The van der Waals surface area contributed by atoms with Crippen molar-refractivity contribution in [1.29, 1.82) is 0 Å². The fraction of sp³-hybridized carbons (Fsp3) is 0.545. The van der Waals surface area contributed by atoms with Gasteiger partial charge in [0.2, 0.25) is 0 Å². The summed E-state index contributed by atoms with van der Waals surface area (Å²) in [6, 6.07) is 3.40. The van der Waals surface area contributed by atoms with E-state index in [1.54, 1.807) is 0 Å². The molecule has 160 valence electrons. The lowest BCUT2D eigenvalue weighted by Crippen LogP contribution is -2.39. The molecule has 3 aliphatic carbocycles. The molecule has 1 aliphatic heterocycles. The maximum Gasteiger partial charge on any atom is 0.416 e. The highest BCUT2D eigenvalue weighted by atomic mass is 19.4. The Morgan fingerprint density at radius 1 is 1.00 bits per heavy atom. The fourth-order valence-electron chi connectivity index (χ4n) is 5.34. The zero-order valence-electron chi connectivity index (χ0n) is 16.6. The Morgan fingerprint density at radius 2 is 1.73 bits per heavy atom. The Labute approximate surface area is 173 Å². The number of phenolic OH excluding ortho intramolecular Hbond substituents is 1. The second-order valence-corrected chi connectivity index (χ2v) is 8.69. The lowest BCUT2D eigenvalue weighted by atomic mass is 9.66. The van der Waals surface area contributed by atoms with Gasteiger partial charge in [-0.05, 0) is 80.7 Å². The zero-order chi connectivity index (χ0) is 20.9. The molecule has 1 saturated heterocycles. The largest absolute Gasteiger partial charge is 0.507 e. The number of rotatable bonds is 3. The first-order chi connectivity index (χ1) is 14.4. The van der Waals surface area contributed by atoms with Crippen LogP contribution in [-0.4, -0.2) is 34.4 Å². The number of piperidine rings is 1. The number of nitrogens with one attached hydrogen (secondary N) is 2. The third kappa shape index (κ3) is 3.41. The van der Waals surface area contributed by atoms with Crippen molar-refractivity contribution in [3.63, 3.8) is 0 Å². The molecule has 1 atom stereocenters. The Morgan fingerprint density at radius 3 is 2.37 bits per heavy atom. The van der Waals surface area contributed by atoms with Crippen molar-refractivity contribution in [1.82, 2.24) is 15.5 Å². The van der Waals surface area contributed by atoms with Crippen molar-refractivity contribution in [2.45, 2.75) is 62.6 Å². The monoisotopic (exact) mass is 418 g/mol. The smallest absolute Gasteiger partial charge is 0.416 e. The molecule has 5 nitrogen and oxygen atoms in total. The van der Waals surface area contributed by atoms with Crippen LogP contribution in [0.25, 0.3) is 11.3 Å². The molecule has 0 unspecified atom stereocenters. The average Bonchev–Trinajstić information content (AvgIpc) is 2.75. The second-order valence-electron chi connectivity index (χ2n) is 8.69. The number of alkyl halides is 3. The molecule has 8 heteroatoms. The minimum Gasteiger partial charge on any atom is -0.507 e. The molecule has 2 aromatic rings. The van der Waals surface area contributed by atoms with Gasteiger partial charge in [-0.15, -0.1) is 10.2 Å². The molecule has 3 N–H and O–H groups in total. The molecule has 1 aromatic heterocycles. The van der Waals surface area contributed by atoms with E-state index in [9.17, 15) is 18.3 Å². The minimum absolute atomic E-state index is 0.294. The molecule has 0 spiro atoms. The highest BCUT2D eigenvalue weighted by molar-refractivity contribution is 5.74. The number of nitrogens with zero attached hydrogens (tertiary/aromatic N) is 2.